The Bertz CT molecular complexity index is 11.6. The van der Waals surface area contributed by atoms with Gasteiger partial charge in [0.25, 0.3) is 0 Å². The molecule has 0 aromatic rings. The molecule has 0 aliphatic rings. The Kier molecular flexibility index (Phi) is 283. The van der Waals surface area contributed by atoms with E-state index < -0.39 is 0 Å². The molecule has 0 N–H and O–H groups in total. The summed E-state index contributed by atoms with van der Waals surface area (Å²) >= 11 is 0. The van der Waals surface area contributed by atoms with Gasteiger partial charge in [0.2, 0.25) is 0 Å². The van der Waals surface area contributed by atoms with E-state index >= 15 is 0 Å². The molecule has 0 rings (SSSR count). The van der Waals surface area contributed by atoms with Crippen molar-refractivity contribution < 1.29 is 68.9 Å². The summed E-state index contributed by atoms with van der Waals surface area (Å²) in [6, 6.07) is 0. The van der Waals surface area contributed by atoms with Gasteiger partial charge in [-0.25, -0.2) is 0 Å². The first-order valence-corrected chi connectivity index (χ1v) is 0. The molecule has 3 radical (unpaired) electrons. The Hall–Kier alpha value is 2.70. The first-order chi connectivity index (χ1) is 0. The van der Waals surface area contributed by atoms with E-state index in [-0.39, 0.29) is 87.8 Å². The van der Waals surface area contributed by atoms with Crippen LogP contribution in [0.3, 0.4) is 0 Å². The van der Waals surface area contributed by atoms with Gasteiger partial charge in [-0.3, -0.25) is 0 Å². The average Bonchev–Trinajstić information content (AvgIpc) is 0. The fraction of sp³-hybridized carbons (Fsp3) is 0. The molecule has 0 nitrogen and oxygen atoms in total. The van der Waals surface area contributed by atoms with Gasteiger partial charge in [-0.05, 0) is 0 Å². The smallest absolute Gasteiger partial charge is 0 e. The number of hydrogen-bond donors (Lipinski definition) is 0. The maximum atomic E-state index is 0. The first-order valence-electron chi connectivity index (χ1n) is 0. The summed E-state index contributed by atoms with van der Waals surface area (Å²) in [6.45, 7) is 0. The molecule has 33 valence electrons. The molecule has 0 aromatic carbocycles. The third-order valence-corrected chi connectivity index (χ3v) is 0. The SMILES string of the molecule is [Co].[LiH].[Mn].[Ni].[V]. The van der Waals surface area contributed by atoms with Gasteiger partial charge in [-0.2, -0.15) is 0 Å². The van der Waals surface area contributed by atoms with Crippen molar-refractivity contribution in [3.05, 3.63) is 0 Å². The van der Waals surface area contributed by atoms with E-state index in [1.807, 2.05) is 0 Å². The topological polar surface area (TPSA) is 0 Å². The maximum absolute atomic E-state index is 0. The first kappa shape index (κ1) is 47.4. The molecule has 0 atom stereocenters. The Balaban J connectivity index is 0. The van der Waals surface area contributed by atoms with Crippen molar-refractivity contribution in [1.82, 2.24) is 0 Å². The predicted molar refractivity (Wildman–Crippen MR) is 7.15 cm³/mol. The second-order valence-electron chi connectivity index (χ2n) is 0. The minimum absolute atomic E-state index is 0. The molecule has 0 saturated carbocycles. The molecule has 0 heterocycles. The molecule has 5 heavy (non-hydrogen) atoms. The van der Waals surface area contributed by atoms with Crippen LogP contribution in [0.5, 0.6) is 0 Å². The molecule has 0 bridgehead atoms. The van der Waals surface area contributed by atoms with Crippen LogP contribution in [0, 0.1) is 0 Å². The number of rotatable bonds is 0. The third kappa shape index (κ3) is 20.3. The zero-order chi connectivity index (χ0) is 0. The minimum atomic E-state index is 0. The Morgan fingerprint density at radius 3 is 1.00 bits per heavy atom. The van der Waals surface area contributed by atoms with E-state index in [1.54, 1.807) is 0 Å². The predicted octanol–water partition coefficient (Wildman–Crippen LogP) is -0.659. The Labute approximate surface area is 86.6 Å². The normalized spacial score (nSPS) is 0. The average molecular weight is 231 g/mol. The molecule has 0 aliphatic heterocycles. The summed E-state index contributed by atoms with van der Waals surface area (Å²) in [7, 11) is 0. The largest absolute Gasteiger partial charge is 0 e. The van der Waals surface area contributed by atoms with E-state index in [9.17, 15) is 0 Å². The van der Waals surface area contributed by atoms with Crippen LogP contribution in [0.1, 0.15) is 0 Å². The molecule has 0 amide bonds. The summed E-state index contributed by atoms with van der Waals surface area (Å²) in [5.41, 5.74) is 0. The second kappa shape index (κ2) is 29.9. The summed E-state index contributed by atoms with van der Waals surface area (Å²) in [4.78, 5) is 0. The molecule has 0 aliphatic carbocycles. The van der Waals surface area contributed by atoms with Crippen molar-refractivity contribution in [3.63, 3.8) is 0 Å². The Morgan fingerprint density at radius 2 is 1.00 bits per heavy atom. The molecule has 0 spiro atoms. The van der Waals surface area contributed by atoms with E-state index in [0.29, 0.717) is 0 Å². The van der Waals surface area contributed by atoms with Crippen LogP contribution in [-0.2, 0) is 68.9 Å². The summed E-state index contributed by atoms with van der Waals surface area (Å²) < 4.78 is 0. The van der Waals surface area contributed by atoms with Gasteiger partial charge in [-0.1, -0.05) is 0 Å². The van der Waals surface area contributed by atoms with Crippen molar-refractivity contribution in [3.8, 4) is 0 Å². The molecule has 0 fully saturated rings. The van der Waals surface area contributed by atoms with Crippen LogP contribution in [0.2, 0.25) is 0 Å². The van der Waals surface area contributed by atoms with Crippen LogP contribution in [0.15, 0.2) is 0 Å². The molecule has 5 heteroatoms. The molecular formula is HCoLiMnNiV. The van der Waals surface area contributed by atoms with E-state index in [2.05, 4.69) is 0 Å². The van der Waals surface area contributed by atoms with E-state index in [4.69, 9.17) is 0 Å². The van der Waals surface area contributed by atoms with Gasteiger partial charge < -0.3 is 0 Å². The van der Waals surface area contributed by atoms with E-state index in [0.717, 1.165) is 0 Å². The van der Waals surface area contributed by atoms with Crippen LogP contribution in [-0.4, -0.2) is 18.9 Å². The fourth-order valence-corrected chi connectivity index (χ4v) is 0. The number of hydrogen-bond acceptors (Lipinski definition) is 0. The molecule has 0 unspecified atom stereocenters. The quantitative estimate of drug-likeness (QED) is 0.486. The van der Waals surface area contributed by atoms with Crippen molar-refractivity contribution in [2.75, 3.05) is 0 Å². The minimum Gasteiger partial charge on any atom is 0 e. The fourth-order valence-electron chi connectivity index (χ4n) is 0. The second-order valence-corrected chi connectivity index (χ2v) is 0. The molecule has 0 saturated heterocycles. The summed E-state index contributed by atoms with van der Waals surface area (Å²) in [5.74, 6) is 0. The Morgan fingerprint density at radius 1 is 1.00 bits per heavy atom. The van der Waals surface area contributed by atoms with Crippen LogP contribution >= 0.6 is 0 Å². The zero-order valence-corrected chi connectivity index (χ0v) is 6.08. The van der Waals surface area contributed by atoms with Gasteiger partial charge in [0.15, 0.2) is 0 Å². The van der Waals surface area contributed by atoms with Crippen molar-refractivity contribution >= 4 is 18.9 Å². The monoisotopic (exact) mass is 231 g/mol. The van der Waals surface area contributed by atoms with Crippen molar-refractivity contribution in [1.29, 1.82) is 0 Å². The van der Waals surface area contributed by atoms with Gasteiger partial charge >= 0.3 is 18.9 Å². The standard InChI is InChI=1S/Co.Li.Mn.Ni.V.H. The van der Waals surface area contributed by atoms with E-state index in [1.165, 1.54) is 0 Å². The van der Waals surface area contributed by atoms with Gasteiger partial charge in [0.1, 0.15) is 0 Å². The van der Waals surface area contributed by atoms with Gasteiger partial charge in [0.05, 0.1) is 0 Å². The van der Waals surface area contributed by atoms with Crippen LogP contribution in [0.25, 0.3) is 0 Å². The van der Waals surface area contributed by atoms with Gasteiger partial charge in [0, 0.05) is 68.9 Å². The van der Waals surface area contributed by atoms with Gasteiger partial charge in [-0.15, -0.1) is 0 Å². The van der Waals surface area contributed by atoms with Crippen LogP contribution in [0.4, 0.5) is 0 Å². The third-order valence-electron chi connectivity index (χ3n) is 0. The molecule has 0 aromatic heterocycles. The summed E-state index contributed by atoms with van der Waals surface area (Å²) in [5, 5.41) is 0. The van der Waals surface area contributed by atoms with Crippen LogP contribution < -0.4 is 0 Å². The zero-order valence-electron chi connectivity index (χ0n) is 1.47. The maximum Gasteiger partial charge on any atom is 0 e. The van der Waals surface area contributed by atoms with Crippen molar-refractivity contribution in [2.45, 2.75) is 0 Å². The van der Waals surface area contributed by atoms with Crippen molar-refractivity contribution in [2.24, 2.45) is 0 Å². The molecular weight excluding hydrogens is 230 g/mol. The summed E-state index contributed by atoms with van der Waals surface area (Å²) in [6.07, 6.45) is 0.